The first-order valence-corrected chi connectivity index (χ1v) is 6.17. The molecule has 16 heavy (non-hydrogen) atoms. The second-order valence-corrected chi connectivity index (χ2v) is 4.87. The van der Waals surface area contributed by atoms with Gasteiger partial charge in [-0.25, -0.2) is 0 Å². The number of hydrogen-bond donors (Lipinski definition) is 1. The zero-order chi connectivity index (χ0) is 11.5. The van der Waals surface area contributed by atoms with Crippen LogP contribution in [0.1, 0.15) is 55.2 Å². The minimum atomic E-state index is -0.352. The lowest BCUT2D eigenvalue weighted by Crippen LogP contribution is -2.17. The Labute approximate surface area is 96.9 Å². The maximum atomic E-state index is 10.4. The molecule has 1 aliphatic carbocycles. The van der Waals surface area contributed by atoms with E-state index in [2.05, 4.69) is 10.2 Å². The maximum absolute atomic E-state index is 10.4. The topological polar surface area (TPSA) is 46.0 Å². The smallest absolute Gasteiger partial charge is 0.0837 e. The van der Waals surface area contributed by atoms with E-state index >= 15 is 0 Å². The summed E-state index contributed by atoms with van der Waals surface area (Å²) >= 11 is 0. The van der Waals surface area contributed by atoms with E-state index in [9.17, 15) is 5.11 Å². The lowest BCUT2D eigenvalue weighted by atomic mass is 9.82. The average Bonchev–Trinajstić information content (AvgIpc) is 2.32. The van der Waals surface area contributed by atoms with Gasteiger partial charge in [-0.3, -0.25) is 0 Å². The van der Waals surface area contributed by atoms with Crippen LogP contribution in [0.25, 0.3) is 0 Å². The molecule has 1 fully saturated rings. The summed E-state index contributed by atoms with van der Waals surface area (Å²) in [7, 11) is 0. The molecule has 1 atom stereocenters. The molecule has 88 valence electrons. The van der Waals surface area contributed by atoms with Crippen LogP contribution >= 0.6 is 0 Å². The first kappa shape index (κ1) is 11.5. The van der Waals surface area contributed by atoms with Gasteiger partial charge >= 0.3 is 0 Å². The van der Waals surface area contributed by atoms with Crippen LogP contribution in [0.2, 0.25) is 0 Å². The summed E-state index contributed by atoms with van der Waals surface area (Å²) in [4.78, 5) is 0. The van der Waals surface area contributed by atoms with E-state index in [1.807, 2.05) is 19.9 Å². The number of aromatic nitrogens is 2. The van der Waals surface area contributed by atoms with Crippen molar-refractivity contribution in [1.82, 2.24) is 10.2 Å². The predicted octanol–water partition coefficient (Wildman–Crippen LogP) is 2.71. The van der Waals surface area contributed by atoms with Crippen LogP contribution in [0.5, 0.6) is 0 Å². The van der Waals surface area contributed by atoms with Crippen molar-refractivity contribution in [2.75, 3.05) is 0 Å². The molecule has 0 saturated heterocycles. The third kappa shape index (κ3) is 2.40. The van der Waals surface area contributed by atoms with Crippen LogP contribution in [-0.4, -0.2) is 15.3 Å². The van der Waals surface area contributed by atoms with Gasteiger partial charge in [0.2, 0.25) is 0 Å². The van der Waals surface area contributed by atoms with Crippen molar-refractivity contribution >= 4 is 0 Å². The molecule has 3 nitrogen and oxygen atoms in total. The monoisotopic (exact) mass is 220 g/mol. The van der Waals surface area contributed by atoms with Gasteiger partial charge in [-0.15, -0.1) is 0 Å². The van der Waals surface area contributed by atoms with Gasteiger partial charge in [0.05, 0.1) is 17.5 Å². The number of aliphatic hydroxyl groups excluding tert-OH is 1. The van der Waals surface area contributed by atoms with E-state index < -0.39 is 0 Å². The second kappa shape index (κ2) is 4.91. The third-order valence-corrected chi connectivity index (χ3v) is 3.55. The van der Waals surface area contributed by atoms with Crippen molar-refractivity contribution in [2.45, 2.75) is 52.1 Å². The Kier molecular flexibility index (Phi) is 3.54. The molecule has 0 spiro atoms. The van der Waals surface area contributed by atoms with Crippen LogP contribution in [-0.2, 0) is 0 Å². The van der Waals surface area contributed by atoms with E-state index in [4.69, 9.17) is 0 Å². The predicted molar refractivity (Wildman–Crippen MR) is 63.0 cm³/mol. The van der Waals surface area contributed by atoms with E-state index in [0.717, 1.165) is 29.8 Å². The lowest BCUT2D eigenvalue weighted by Gasteiger charge is -2.27. The molecule has 0 aromatic carbocycles. The Balaban J connectivity index is 2.18. The van der Waals surface area contributed by atoms with E-state index in [1.54, 1.807) is 0 Å². The molecular weight excluding hydrogens is 200 g/mol. The Hall–Kier alpha value is -0.960. The third-order valence-electron chi connectivity index (χ3n) is 3.55. The Morgan fingerprint density at radius 2 is 1.88 bits per heavy atom. The van der Waals surface area contributed by atoms with Crippen LogP contribution < -0.4 is 0 Å². The highest BCUT2D eigenvalue weighted by molar-refractivity contribution is 5.22. The molecule has 1 saturated carbocycles. The Bertz CT molecular complexity index is 359. The largest absolute Gasteiger partial charge is 0.388 e. The average molecular weight is 220 g/mol. The van der Waals surface area contributed by atoms with Crippen molar-refractivity contribution in [3.05, 3.63) is 23.0 Å². The minimum absolute atomic E-state index is 0.352. The maximum Gasteiger partial charge on any atom is 0.0837 e. The Morgan fingerprint density at radius 1 is 1.19 bits per heavy atom. The fraction of sp³-hybridized carbons (Fsp3) is 0.692. The molecule has 1 aliphatic rings. The fourth-order valence-corrected chi connectivity index (χ4v) is 2.57. The molecule has 1 N–H and O–H groups in total. The summed E-state index contributed by atoms with van der Waals surface area (Å²) in [5.41, 5.74) is 2.72. The minimum Gasteiger partial charge on any atom is -0.388 e. The second-order valence-electron chi connectivity index (χ2n) is 4.87. The summed E-state index contributed by atoms with van der Waals surface area (Å²) in [6, 6.07) is 1.97. The van der Waals surface area contributed by atoms with E-state index in [1.165, 1.54) is 19.3 Å². The Morgan fingerprint density at radius 3 is 2.56 bits per heavy atom. The fourth-order valence-electron chi connectivity index (χ4n) is 2.57. The summed E-state index contributed by atoms with van der Waals surface area (Å²) in [6.07, 6.45) is 5.74. The molecule has 1 aromatic heterocycles. The molecular formula is C13H20N2O. The first-order valence-electron chi connectivity index (χ1n) is 6.17. The summed E-state index contributed by atoms with van der Waals surface area (Å²) in [5.74, 6) is 0.413. The van der Waals surface area contributed by atoms with Crippen LogP contribution in [0.3, 0.4) is 0 Å². The standard InChI is InChI=1S/C13H20N2O/c1-9-8-12(10(2)15-14-9)13(16)11-6-4-3-5-7-11/h8,11,13,16H,3-7H2,1-2H3. The highest BCUT2D eigenvalue weighted by Crippen LogP contribution is 2.34. The van der Waals surface area contributed by atoms with Crippen molar-refractivity contribution in [3.63, 3.8) is 0 Å². The molecule has 1 heterocycles. The zero-order valence-electron chi connectivity index (χ0n) is 10.1. The molecule has 0 aliphatic heterocycles. The van der Waals surface area contributed by atoms with Gasteiger partial charge in [-0.2, -0.15) is 10.2 Å². The number of rotatable bonds is 2. The highest BCUT2D eigenvalue weighted by atomic mass is 16.3. The van der Waals surface area contributed by atoms with Gasteiger partial charge < -0.3 is 5.11 Å². The van der Waals surface area contributed by atoms with E-state index in [-0.39, 0.29) is 6.10 Å². The van der Waals surface area contributed by atoms with Gasteiger partial charge in [-0.05, 0) is 38.7 Å². The van der Waals surface area contributed by atoms with E-state index in [0.29, 0.717) is 5.92 Å². The van der Waals surface area contributed by atoms with Crippen LogP contribution in [0.15, 0.2) is 6.07 Å². The van der Waals surface area contributed by atoms with Crippen molar-refractivity contribution in [2.24, 2.45) is 5.92 Å². The quantitative estimate of drug-likeness (QED) is 0.833. The van der Waals surface area contributed by atoms with Crippen molar-refractivity contribution < 1.29 is 5.11 Å². The van der Waals surface area contributed by atoms with Gasteiger partial charge in [0.15, 0.2) is 0 Å². The molecule has 3 heteroatoms. The van der Waals surface area contributed by atoms with Gasteiger partial charge in [0, 0.05) is 5.56 Å². The first-order chi connectivity index (χ1) is 7.68. The molecule has 1 unspecified atom stereocenters. The summed E-state index contributed by atoms with van der Waals surface area (Å²) < 4.78 is 0. The number of aliphatic hydroxyl groups is 1. The molecule has 1 aromatic rings. The lowest BCUT2D eigenvalue weighted by molar-refractivity contribution is 0.0837. The van der Waals surface area contributed by atoms with Crippen LogP contribution in [0, 0.1) is 19.8 Å². The van der Waals surface area contributed by atoms with Gasteiger partial charge in [-0.1, -0.05) is 19.3 Å². The number of aryl methyl sites for hydroxylation is 2. The number of nitrogens with zero attached hydrogens (tertiary/aromatic N) is 2. The van der Waals surface area contributed by atoms with Gasteiger partial charge in [0.1, 0.15) is 0 Å². The van der Waals surface area contributed by atoms with Crippen LogP contribution in [0.4, 0.5) is 0 Å². The molecule has 0 radical (unpaired) electrons. The van der Waals surface area contributed by atoms with Crippen molar-refractivity contribution in [3.8, 4) is 0 Å². The zero-order valence-corrected chi connectivity index (χ0v) is 10.1. The summed E-state index contributed by atoms with van der Waals surface area (Å²) in [5, 5.41) is 18.5. The van der Waals surface area contributed by atoms with Gasteiger partial charge in [0.25, 0.3) is 0 Å². The summed E-state index contributed by atoms with van der Waals surface area (Å²) in [6.45, 7) is 3.84. The van der Waals surface area contributed by atoms with Crippen molar-refractivity contribution in [1.29, 1.82) is 0 Å². The SMILES string of the molecule is Cc1cc(C(O)C2CCCCC2)c(C)nn1. The molecule has 0 amide bonds. The highest BCUT2D eigenvalue weighted by Gasteiger charge is 2.24. The normalized spacial score (nSPS) is 19.7. The number of hydrogen-bond acceptors (Lipinski definition) is 3. The molecule has 0 bridgehead atoms. The molecule has 2 rings (SSSR count).